The van der Waals surface area contributed by atoms with Crippen molar-refractivity contribution in [3.63, 3.8) is 0 Å². The first-order valence-corrected chi connectivity index (χ1v) is 30.4. The molecule has 6 aromatic rings. The summed E-state index contributed by atoms with van der Waals surface area (Å²) in [6.45, 7) is 13.7. The SMILES string of the molecule is CC(C)(C)OC(=O)NC1CNC1.Cc1cn2nc([C@@H]3CCCCN3C(=O)c3cc(Cl)ccc3NS(C)(=O)=O)cc2nc1Cl.Cc1cn2nc([C@@H]3CCCCN3C(=O)c3cc(Cl)ccc3NS(C)(=O)=O)cc2nc1N1CC(N)C1. The summed E-state index contributed by atoms with van der Waals surface area (Å²) in [5.74, 6) is 0.301. The molecule has 8 heterocycles. The number of nitrogens with zero attached hydrogens (tertiary/aromatic N) is 9. The Morgan fingerprint density at radius 2 is 1.18 bits per heavy atom. The number of benzene rings is 2. The number of likely N-dealkylation sites (tertiary alicyclic amines) is 2. The van der Waals surface area contributed by atoms with Crippen molar-refractivity contribution in [2.45, 2.75) is 103 Å². The number of nitrogens with two attached hydrogens (primary N) is 1. The van der Waals surface area contributed by atoms with Gasteiger partial charge in [0.25, 0.3) is 11.8 Å². The highest BCUT2D eigenvalue weighted by Crippen LogP contribution is 2.36. The molecule has 2 aromatic carbocycles. The molecule has 4 saturated heterocycles. The predicted molar refractivity (Wildman–Crippen MR) is 302 cm³/mol. The van der Waals surface area contributed by atoms with Gasteiger partial charge in [-0.2, -0.15) is 10.2 Å². The molecule has 2 atom stereocenters. The molecule has 420 valence electrons. The van der Waals surface area contributed by atoms with E-state index in [0.29, 0.717) is 45.3 Å². The molecule has 78 heavy (non-hydrogen) atoms. The predicted octanol–water partition coefficient (Wildman–Crippen LogP) is 7.14. The van der Waals surface area contributed by atoms with Crippen LogP contribution in [0.5, 0.6) is 0 Å². The summed E-state index contributed by atoms with van der Waals surface area (Å²) in [5.41, 5.74) is 10.9. The number of hydrogen-bond donors (Lipinski definition) is 5. The van der Waals surface area contributed by atoms with Crippen molar-refractivity contribution < 1.29 is 36.0 Å². The van der Waals surface area contributed by atoms with Crippen LogP contribution in [-0.4, -0.2) is 143 Å². The third-order valence-electron chi connectivity index (χ3n) is 13.1. The van der Waals surface area contributed by atoms with Crippen LogP contribution in [0, 0.1) is 13.8 Å². The minimum atomic E-state index is -3.58. The fraction of sp³-hybridized carbons (Fsp3) is 0.471. The van der Waals surface area contributed by atoms with Crippen molar-refractivity contribution in [3.8, 4) is 0 Å². The number of anilines is 3. The summed E-state index contributed by atoms with van der Waals surface area (Å²) >= 11 is 18.4. The summed E-state index contributed by atoms with van der Waals surface area (Å²) < 4.78 is 60.6. The van der Waals surface area contributed by atoms with Gasteiger partial charge in [0.15, 0.2) is 11.3 Å². The molecule has 0 saturated carbocycles. The molecule has 10 rings (SSSR count). The summed E-state index contributed by atoms with van der Waals surface area (Å²) in [6, 6.07) is 12.7. The molecule has 22 nitrogen and oxygen atoms in total. The van der Waals surface area contributed by atoms with Crippen LogP contribution < -0.4 is 30.7 Å². The number of hydrogen-bond acceptors (Lipinski definition) is 15. The number of alkyl carbamates (subject to hydrolysis) is 1. The van der Waals surface area contributed by atoms with Gasteiger partial charge in [-0.05, 0) is 110 Å². The Kier molecular flexibility index (Phi) is 17.7. The average molecular weight is 1170 g/mol. The minimum Gasteiger partial charge on any atom is -0.444 e. The van der Waals surface area contributed by atoms with Crippen LogP contribution in [0.25, 0.3) is 11.3 Å². The third-order valence-corrected chi connectivity index (χ3v) is 15.2. The lowest BCUT2D eigenvalue weighted by Gasteiger charge is -2.38. The number of nitrogens with one attached hydrogen (secondary N) is 4. The third kappa shape index (κ3) is 14.6. The van der Waals surface area contributed by atoms with Crippen LogP contribution in [0.4, 0.5) is 22.0 Å². The van der Waals surface area contributed by atoms with Crippen LogP contribution in [0.1, 0.15) is 115 Å². The molecule has 4 aliphatic rings. The number of carbonyl (C=O) groups excluding carboxylic acids is 3. The molecule has 4 aromatic heterocycles. The van der Waals surface area contributed by atoms with Gasteiger partial charge in [0.2, 0.25) is 20.0 Å². The van der Waals surface area contributed by atoms with E-state index in [4.69, 9.17) is 55.4 Å². The molecule has 0 bridgehead atoms. The Balaban J connectivity index is 0.000000171. The van der Waals surface area contributed by atoms with Crippen LogP contribution in [-0.2, 0) is 24.8 Å². The number of carbonyl (C=O) groups is 3. The van der Waals surface area contributed by atoms with Gasteiger partial charge in [-0.1, -0.05) is 34.8 Å². The standard InChI is InChI=1S/C23H28ClN7O3S.C20H21Cl2N5O3S.C8H16N2O2/c1-14-11-31-21(26-22(14)29-12-16(25)13-29)10-19(27-31)20-5-3-4-8-30(20)23(32)17-9-15(24)6-7-18(17)28-35(2,33)34;1-12-11-27-18(23-19(12)22)10-16(24-27)17-5-3-4-8-26(17)20(28)14-9-13(21)6-7-15(14)25-31(2,29)30;1-8(2,3)12-7(11)10-6-4-9-5-6/h6-7,9-11,16,20,28H,3-5,8,12-13,25H2,1-2H3;6-7,9-11,17,25H,3-5,8H2,1-2H3;6,9H,4-5H2,1-3H3,(H,10,11)/t20-;17-;/m00./s1. The number of piperidine rings is 2. The van der Waals surface area contributed by atoms with Gasteiger partial charge in [-0.25, -0.2) is 40.6 Å². The van der Waals surface area contributed by atoms with Gasteiger partial charge in [0, 0.05) is 91.0 Å². The molecule has 27 heteroatoms. The fourth-order valence-corrected chi connectivity index (χ4v) is 11.1. The van der Waals surface area contributed by atoms with Crippen LogP contribution >= 0.6 is 34.8 Å². The summed E-state index contributed by atoms with van der Waals surface area (Å²) in [6.07, 6.45) is 10.6. The maximum Gasteiger partial charge on any atom is 0.407 e. The average Bonchev–Trinajstić information content (AvgIpc) is 3.96. The topological polar surface area (TPSA) is 273 Å². The quantitative estimate of drug-likeness (QED) is 0.0853. The number of amides is 3. The molecular formula is C51H65Cl3N14O8S2. The van der Waals surface area contributed by atoms with Gasteiger partial charge in [-0.3, -0.25) is 19.0 Å². The second kappa shape index (κ2) is 23.7. The Morgan fingerprint density at radius 3 is 1.62 bits per heavy atom. The summed E-state index contributed by atoms with van der Waals surface area (Å²) in [7, 11) is -7.14. The molecule has 0 radical (unpaired) electrons. The number of fused-ring (bicyclic) bond motifs is 2. The fourth-order valence-electron chi connectivity index (χ4n) is 9.46. The van der Waals surface area contributed by atoms with E-state index in [1.54, 1.807) is 37.2 Å². The summed E-state index contributed by atoms with van der Waals surface area (Å²) in [5, 5.41) is 16.3. The molecular weight excluding hydrogens is 1110 g/mol. The first-order valence-electron chi connectivity index (χ1n) is 25.5. The van der Waals surface area contributed by atoms with Crippen molar-refractivity contribution in [1.29, 1.82) is 0 Å². The van der Waals surface area contributed by atoms with E-state index in [1.165, 1.54) is 24.3 Å². The lowest BCUT2D eigenvalue weighted by Crippen LogP contribution is -2.57. The highest BCUT2D eigenvalue weighted by molar-refractivity contribution is 7.92. The highest BCUT2D eigenvalue weighted by atomic mass is 35.5. The zero-order valence-electron chi connectivity index (χ0n) is 44.4. The molecule has 3 amide bonds. The number of rotatable bonds is 10. The molecule has 6 N–H and O–H groups in total. The van der Waals surface area contributed by atoms with E-state index in [-0.39, 0.29) is 64.6 Å². The van der Waals surface area contributed by atoms with Gasteiger partial charge in [0.1, 0.15) is 16.6 Å². The van der Waals surface area contributed by atoms with E-state index < -0.39 is 25.6 Å². The normalized spacial score (nSPS) is 18.2. The monoisotopic (exact) mass is 1170 g/mol. The number of sulfonamides is 2. The van der Waals surface area contributed by atoms with Gasteiger partial charge < -0.3 is 35.8 Å². The Hall–Kier alpha value is -6.02. The molecule has 0 aliphatic carbocycles. The van der Waals surface area contributed by atoms with E-state index in [9.17, 15) is 31.2 Å². The van der Waals surface area contributed by atoms with Crippen LogP contribution in [0.15, 0.2) is 60.9 Å². The Bertz CT molecular complexity index is 3420. The van der Waals surface area contributed by atoms with Gasteiger partial charge in [-0.15, -0.1) is 0 Å². The van der Waals surface area contributed by atoms with E-state index >= 15 is 0 Å². The lowest BCUT2D eigenvalue weighted by molar-refractivity contribution is 0.0487. The van der Waals surface area contributed by atoms with Crippen molar-refractivity contribution in [3.05, 3.63) is 110 Å². The second-order valence-corrected chi connectivity index (χ2v) is 25.7. The van der Waals surface area contributed by atoms with E-state index in [0.717, 1.165) is 99.9 Å². The molecule has 4 fully saturated rings. The first kappa shape index (κ1) is 58.1. The number of aryl methyl sites for hydroxylation is 2. The largest absolute Gasteiger partial charge is 0.444 e. The number of halogens is 3. The lowest BCUT2D eigenvalue weighted by atomic mass is 9.98. The van der Waals surface area contributed by atoms with Crippen LogP contribution in [0.3, 0.4) is 0 Å². The molecule has 0 spiro atoms. The Morgan fingerprint density at radius 1 is 0.705 bits per heavy atom. The van der Waals surface area contributed by atoms with Crippen LogP contribution in [0.2, 0.25) is 15.2 Å². The molecule has 0 unspecified atom stereocenters. The zero-order chi connectivity index (χ0) is 56.4. The second-order valence-electron chi connectivity index (χ2n) is 21.0. The highest BCUT2D eigenvalue weighted by Gasteiger charge is 2.35. The zero-order valence-corrected chi connectivity index (χ0v) is 48.3. The Labute approximate surface area is 468 Å². The van der Waals surface area contributed by atoms with Gasteiger partial charge in [0.05, 0.1) is 64.5 Å². The molecule has 4 aliphatic heterocycles. The van der Waals surface area contributed by atoms with Crippen molar-refractivity contribution >= 4 is 101 Å². The smallest absolute Gasteiger partial charge is 0.407 e. The van der Waals surface area contributed by atoms with Crippen molar-refractivity contribution in [1.82, 2.24) is 49.6 Å². The van der Waals surface area contributed by atoms with E-state index in [2.05, 4.69) is 35.1 Å². The maximum atomic E-state index is 13.7. The van der Waals surface area contributed by atoms with Crippen molar-refractivity contribution in [2.24, 2.45) is 5.73 Å². The van der Waals surface area contributed by atoms with E-state index in [1.807, 2.05) is 52.9 Å². The first-order chi connectivity index (χ1) is 36.7. The number of aromatic nitrogens is 6. The minimum absolute atomic E-state index is 0.170. The summed E-state index contributed by atoms with van der Waals surface area (Å²) in [4.78, 5) is 53.1. The van der Waals surface area contributed by atoms with Crippen molar-refractivity contribution in [2.75, 3.05) is 66.1 Å². The van der Waals surface area contributed by atoms with Gasteiger partial charge >= 0.3 is 6.09 Å². The number of ether oxygens (including phenoxy) is 1. The maximum absolute atomic E-state index is 13.7.